The summed E-state index contributed by atoms with van der Waals surface area (Å²) in [7, 11) is -0.827. The van der Waals surface area contributed by atoms with E-state index in [1.54, 1.807) is 46.3 Å². The summed E-state index contributed by atoms with van der Waals surface area (Å²) in [4.78, 5) is 16.8. The number of ether oxygens (including phenoxy) is 3. The lowest BCUT2D eigenvalue weighted by Crippen LogP contribution is -2.51. The van der Waals surface area contributed by atoms with Crippen molar-refractivity contribution in [1.29, 1.82) is 0 Å². The molecule has 0 radical (unpaired) electrons. The average Bonchev–Trinajstić information content (AvgIpc) is 3.39. The molecule has 63 heavy (non-hydrogen) atoms. The lowest BCUT2D eigenvalue weighted by Gasteiger charge is -2.36. The van der Waals surface area contributed by atoms with Crippen molar-refractivity contribution in [3.05, 3.63) is 185 Å². The van der Waals surface area contributed by atoms with E-state index in [2.05, 4.69) is 0 Å². The molecule has 1 heterocycles. The summed E-state index contributed by atoms with van der Waals surface area (Å²) in [5, 5.41) is 36.4. The van der Waals surface area contributed by atoms with E-state index in [0.29, 0.717) is 23.4 Å². The van der Waals surface area contributed by atoms with Gasteiger partial charge in [-0.1, -0.05) is 115 Å². The van der Waals surface area contributed by atoms with E-state index in [4.69, 9.17) is 23.3 Å². The van der Waals surface area contributed by atoms with Gasteiger partial charge in [0, 0.05) is 19.6 Å². The number of benzene rings is 6. The Hall–Kier alpha value is -6.34. The van der Waals surface area contributed by atoms with Crippen molar-refractivity contribution in [2.75, 3.05) is 27.1 Å². The number of aliphatic hydroxyl groups is 1. The zero-order chi connectivity index (χ0) is 44.2. The molecular formula is C49H52N3O10P. The molecule has 14 heteroatoms. The number of rotatable bonds is 19. The summed E-state index contributed by atoms with van der Waals surface area (Å²) in [6.07, 6.45) is -1.09. The summed E-state index contributed by atoms with van der Waals surface area (Å²) in [6.45, 7) is 0.777. The van der Waals surface area contributed by atoms with Crippen LogP contribution in [-0.4, -0.2) is 75.5 Å². The number of phenols is 2. The number of amides is 2. The molecule has 328 valence electrons. The summed E-state index contributed by atoms with van der Waals surface area (Å²) < 4.78 is 42.7. The Morgan fingerprint density at radius 1 is 0.603 bits per heavy atom. The van der Waals surface area contributed by atoms with Crippen molar-refractivity contribution >= 4 is 13.6 Å². The number of carbonyl (C=O) groups is 1. The first-order valence-electron chi connectivity index (χ1n) is 20.5. The molecule has 6 aromatic carbocycles. The fourth-order valence-electron chi connectivity index (χ4n) is 7.33. The predicted molar refractivity (Wildman–Crippen MR) is 238 cm³/mol. The van der Waals surface area contributed by atoms with Gasteiger partial charge in [-0.05, 0) is 76.2 Å². The highest BCUT2D eigenvalue weighted by Crippen LogP contribution is 2.50. The summed E-state index contributed by atoms with van der Waals surface area (Å²) in [5.74, 6) is 0.884. The van der Waals surface area contributed by atoms with Crippen LogP contribution in [0.5, 0.6) is 28.7 Å². The minimum Gasteiger partial charge on any atom is -0.504 e. The van der Waals surface area contributed by atoms with Gasteiger partial charge in [0.1, 0.15) is 5.75 Å². The van der Waals surface area contributed by atoms with Gasteiger partial charge in [0.2, 0.25) is 0 Å². The molecule has 0 unspecified atom stereocenters. The second-order valence-electron chi connectivity index (χ2n) is 15.2. The Morgan fingerprint density at radius 3 is 1.62 bits per heavy atom. The van der Waals surface area contributed by atoms with E-state index in [9.17, 15) is 19.9 Å². The number of hydrazine groups is 1. The number of hydrogen-bond acceptors (Lipinski definition) is 11. The van der Waals surface area contributed by atoms with Gasteiger partial charge in [0.05, 0.1) is 46.1 Å². The Morgan fingerprint density at radius 2 is 1.10 bits per heavy atom. The number of aliphatic hydroxyl groups excluding tert-OH is 1. The van der Waals surface area contributed by atoms with Gasteiger partial charge in [0.25, 0.3) is 0 Å². The van der Waals surface area contributed by atoms with E-state index in [1.165, 1.54) is 26.4 Å². The lowest BCUT2D eigenvalue weighted by atomic mass is 9.98. The Balaban J connectivity index is 1.15. The minimum atomic E-state index is -3.75. The smallest absolute Gasteiger partial charge is 0.368 e. The van der Waals surface area contributed by atoms with Crippen molar-refractivity contribution < 1.29 is 47.9 Å². The highest BCUT2D eigenvalue weighted by atomic mass is 31.2. The van der Waals surface area contributed by atoms with Crippen LogP contribution in [0, 0.1) is 0 Å². The second kappa shape index (κ2) is 21.2. The molecule has 0 saturated carbocycles. The van der Waals surface area contributed by atoms with Gasteiger partial charge in [-0.25, -0.2) is 9.80 Å². The highest BCUT2D eigenvalue weighted by Gasteiger charge is 2.40. The topological polar surface area (TPSA) is 151 Å². The van der Waals surface area contributed by atoms with Crippen LogP contribution >= 0.6 is 7.60 Å². The molecule has 13 nitrogen and oxygen atoms in total. The largest absolute Gasteiger partial charge is 0.504 e. The van der Waals surface area contributed by atoms with Crippen LogP contribution in [-0.2, 0) is 52.9 Å². The van der Waals surface area contributed by atoms with E-state index in [-0.39, 0.29) is 74.6 Å². The van der Waals surface area contributed by atoms with Crippen LogP contribution in [0.1, 0.15) is 33.4 Å². The van der Waals surface area contributed by atoms with Crippen molar-refractivity contribution in [3.63, 3.8) is 0 Å². The Labute approximate surface area is 367 Å². The number of carbonyl (C=O) groups excluding carboxylic acids is 1. The van der Waals surface area contributed by atoms with Gasteiger partial charge in [-0.15, -0.1) is 0 Å². The Bertz CT molecular complexity index is 2400. The number of methoxy groups -OCH3 is 2. The predicted octanol–water partition coefficient (Wildman–Crippen LogP) is 8.91. The number of phenolic OH excluding ortho intramolecular Hbond substituents is 2. The molecule has 1 fully saturated rings. The van der Waals surface area contributed by atoms with Gasteiger partial charge in [-0.3, -0.25) is 9.57 Å². The molecular weight excluding hydrogens is 822 g/mol. The molecule has 7 rings (SSSR count). The zero-order valence-electron chi connectivity index (χ0n) is 35.2. The maximum Gasteiger partial charge on any atom is 0.368 e. The maximum absolute atomic E-state index is 15.1. The molecule has 2 atom stereocenters. The number of hydrogen-bond donors (Lipinski definition) is 3. The summed E-state index contributed by atoms with van der Waals surface area (Å²) >= 11 is 0. The van der Waals surface area contributed by atoms with Gasteiger partial charge in [-0.2, -0.15) is 0 Å². The normalized spacial score (nSPS) is 15.8. The van der Waals surface area contributed by atoms with Crippen molar-refractivity contribution in [2.24, 2.45) is 0 Å². The van der Waals surface area contributed by atoms with Crippen LogP contribution in [0.4, 0.5) is 4.79 Å². The molecule has 0 bridgehead atoms. The summed E-state index contributed by atoms with van der Waals surface area (Å²) in [6, 6.07) is 44.5. The molecule has 2 amide bonds. The third-order valence-electron chi connectivity index (χ3n) is 10.7. The molecule has 0 spiro atoms. The maximum atomic E-state index is 15.1. The van der Waals surface area contributed by atoms with E-state index >= 15 is 4.79 Å². The van der Waals surface area contributed by atoms with Crippen LogP contribution in [0.15, 0.2) is 152 Å². The first kappa shape index (κ1) is 44.7. The van der Waals surface area contributed by atoms with Gasteiger partial charge < -0.3 is 43.5 Å². The molecule has 0 aromatic heterocycles. The van der Waals surface area contributed by atoms with Gasteiger partial charge >= 0.3 is 13.6 Å². The highest BCUT2D eigenvalue weighted by molar-refractivity contribution is 7.53. The van der Waals surface area contributed by atoms with E-state index in [0.717, 1.165) is 22.3 Å². The number of β-amino-alcohol motifs (C(OH)–C–C–N with tert-alkyl or cyclic N) is 1. The Kier molecular flexibility index (Phi) is 15.0. The third kappa shape index (κ3) is 12.0. The average molecular weight is 874 g/mol. The van der Waals surface area contributed by atoms with Crippen molar-refractivity contribution in [2.45, 2.75) is 51.4 Å². The number of urea groups is 1. The van der Waals surface area contributed by atoms with E-state index in [1.807, 2.05) is 108 Å². The lowest BCUT2D eigenvalue weighted by molar-refractivity contribution is -0.0213. The first-order valence-corrected chi connectivity index (χ1v) is 22.3. The SMILES string of the molecule is COc1cc(CN2C(=O)N(Cc3ccc(O)c(OC)c3)N(Cc3ccccc3)C[C@@H](O)[C@H]2Cc2ccc(OCP(=O)(OCc3ccccc3)OCc3ccccc3)cc2)ccc1O. The van der Waals surface area contributed by atoms with Crippen LogP contribution in [0.3, 0.4) is 0 Å². The number of aromatic hydroxyl groups is 2. The molecule has 1 aliphatic heterocycles. The fourth-order valence-corrected chi connectivity index (χ4v) is 8.55. The van der Waals surface area contributed by atoms with E-state index < -0.39 is 19.7 Å². The third-order valence-corrected chi connectivity index (χ3v) is 12.2. The van der Waals surface area contributed by atoms with Crippen LogP contribution in [0.2, 0.25) is 0 Å². The number of nitrogens with zero attached hydrogens (tertiary/aromatic N) is 3. The minimum absolute atomic E-state index is 0.0267. The van der Waals surface area contributed by atoms with Gasteiger partial charge in [0.15, 0.2) is 29.3 Å². The molecule has 1 saturated heterocycles. The summed E-state index contributed by atoms with van der Waals surface area (Å²) in [5.41, 5.74) is 4.81. The molecule has 6 aromatic rings. The molecule has 0 aliphatic carbocycles. The monoisotopic (exact) mass is 873 g/mol. The standard InChI is InChI=1S/C49H52N3O10P/c1-58-47-27-40(20-24-44(47)53)30-51-43(46(55)32-50(29-37-12-6-3-7-13-37)52(49(51)56)31-41-21-25-45(54)48(28-41)59-2)26-36-18-22-42(23-19-36)60-35-63(57,61-33-38-14-8-4-9-15-38)62-34-39-16-10-5-11-17-39/h3-25,27-28,43,46,53-55H,26,29-35H2,1-2H3/t43-,46-/m1/s1. The first-order chi connectivity index (χ1) is 30.6. The molecule has 1 aliphatic rings. The van der Waals surface area contributed by atoms with Crippen molar-refractivity contribution in [3.8, 4) is 28.7 Å². The van der Waals surface area contributed by atoms with Crippen molar-refractivity contribution in [1.82, 2.24) is 14.9 Å². The van der Waals surface area contributed by atoms with Crippen LogP contribution < -0.4 is 14.2 Å². The zero-order valence-corrected chi connectivity index (χ0v) is 36.1. The quantitative estimate of drug-likeness (QED) is 0.0670. The fraction of sp³-hybridized carbons (Fsp3) is 0.245. The molecule has 3 N–H and O–H groups in total. The second-order valence-corrected chi connectivity index (χ2v) is 17.2. The van der Waals surface area contributed by atoms with Crippen LogP contribution in [0.25, 0.3) is 0 Å².